The van der Waals surface area contributed by atoms with Crippen molar-refractivity contribution in [1.29, 1.82) is 0 Å². The van der Waals surface area contributed by atoms with Gasteiger partial charge in [0.25, 0.3) is 0 Å². The number of hydrogen-bond acceptors (Lipinski definition) is 4. The summed E-state index contributed by atoms with van der Waals surface area (Å²) in [4.78, 5) is 0. The summed E-state index contributed by atoms with van der Waals surface area (Å²) in [5.41, 5.74) is 6.32. The Bertz CT molecular complexity index is 701. The van der Waals surface area contributed by atoms with Crippen LogP contribution in [-0.4, -0.2) is 30.5 Å². The Kier molecular flexibility index (Phi) is 10.0. The fourth-order valence-electron chi connectivity index (χ4n) is 3.66. The zero-order valence-electron chi connectivity index (χ0n) is 17.3. The second-order valence-corrected chi connectivity index (χ2v) is 7.25. The summed E-state index contributed by atoms with van der Waals surface area (Å²) >= 11 is 0. The van der Waals surface area contributed by atoms with E-state index in [-0.39, 0.29) is 13.2 Å². The van der Waals surface area contributed by atoms with Crippen LogP contribution in [0.4, 0.5) is 5.69 Å². The van der Waals surface area contributed by atoms with E-state index in [4.69, 9.17) is 4.74 Å². The average Bonchev–Trinajstić information content (AvgIpc) is 2.73. The van der Waals surface area contributed by atoms with E-state index < -0.39 is 0 Å². The Balaban J connectivity index is 1.68. The molecule has 0 unspecified atom stereocenters. The molecule has 0 saturated heterocycles. The highest BCUT2D eigenvalue weighted by atomic mass is 16.5. The van der Waals surface area contributed by atoms with Crippen molar-refractivity contribution < 1.29 is 14.9 Å². The number of aryl methyl sites for hydroxylation is 2. The summed E-state index contributed by atoms with van der Waals surface area (Å²) in [6, 6.07) is 12.6. The molecule has 4 heteroatoms. The van der Waals surface area contributed by atoms with E-state index in [1.165, 1.54) is 11.1 Å². The Hall–Kier alpha value is -1.88. The van der Waals surface area contributed by atoms with E-state index in [9.17, 15) is 10.2 Å². The van der Waals surface area contributed by atoms with Gasteiger partial charge in [0.1, 0.15) is 0 Å². The molecule has 0 fully saturated rings. The van der Waals surface area contributed by atoms with Gasteiger partial charge in [-0.15, -0.1) is 0 Å². The highest BCUT2D eigenvalue weighted by Gasteiger charge is 2.13. The van der Waals surface area contributed by atoms with Crippen LogP contribution >= 0.6 is 0 Å². The molecule has 3 N–H and O–H groups in total. The monoisotopic (exact) mass is 385 g/mol. The van der Waals surface area contributed by atoms with Crippen LogP contribution in [0.3, 0.4) is 0 Å². The summed E-state index contributed by atoms with van der Waals surface area (Å²) in [5, 5.41) is 22.5. The van der Waals surface area contributed by atoms with Crippen molar-refractivity contribution >= 4 is 5.69 Å². The van der Waals surface area contributed by atoms with Crippen LogP contribution in [0.1, 0.15) is 53.5 Å². The number of aliphatic hydroxyl groups is 2. The van der Waals surface area contributed by atoms with Gasteiger partial charge < -0.3 is 20.3 Å². The number of unbranched alkanes of at least 4 members (excludes halogenated alkanes) is 2. The lowest BCUT2D eigenvalue weighted by molar-refractivity contribution is 0.128. The van der Waals surface area contributed by atoms with E-state index in [0.717, 1.165) is 74.1 Å². The fourth-order valence-corrected chi connectivity index (χ4v) is 3.66. The van der Waals surface area contributed by atoms with E-state index in [1.807, 2.05) is 20.0 Å². The van der Waals surface area contributed by atoms with Crippen LogP contribution in [0.15, 0.2) is 36.4 Å². The number of ether oxygens (including phenoxy) is 1. The van der Waals surface area contributed by atoms with Crippen LogP contribution < -0.4 is 5.32 Å². The van der Waals surface area contributed by atoms with Crippen LogP contribution in [0.2, 0.25) is 0 Å². The average molecular weight is 386 g/mol. The molecule has 2 aromatic rings. The first-order chi connectivity index (χ1) is 13.7. The van der Waals surface area contributed by atoms with Gasteiger partial charge in [-0.25, -0.2) is 0 Å². The molecule has 0 aliphatic carbocycles. The molecule has 0 aliphatic rings. The topological polar surface area (TPSA) is 61.7 Å². The van der Waals surface area contributed by atoms with Gasteiger partial charge in [0.15, 0.2) is 0 Å². The summed E-state index contributed by atoms with van der Waals surface area (Å²) in [7, 11) is 1.89. The van der Waals surface area contributed by atoms with Gasteiger partial charge in [-0.3, -0.25) is 0 Å². The van der Waals surface area contributed by atoms with Gasteiger partial charge >= 0.3 is 0 Å². The van der Waals surface area contributed by atoms with Gasteiger partial charge in [0.2, 0.25) is 0 Å². The first kappa shape index (κ1) is 22.4. The SMILES string of the molecule is CNc1c(CCCCCOCCCc2ccccc2)cc(CO)c(C)c1CO. The van der Waals surface area contributed by atoms with Gasteiger partial charge in [-0.05, 0) is 61.3 Å². The molecular weight excluding hydrogens is 350 g/mol. The lowest BCUT2D eigenvalue weighted by atomic mass is 9.94. The van der Waals surface area contributed by atoms with Crippen molar-refractivity contribution in [2.45, 2.75) is 58.7 Å². The lowest BCUT2D eigenvalue weighted by Gasteiger charge is -2.19. The predicted octanol–water partition coefficient (Wildman–Crippen LogP) is 4.38. The lowest BCUT2D eigenvalue weighted by Crippen LogP contribution is -2.07. The minimum absolute atomic E-state index is 0.00660. The Morgan fingerprint density at radius 3 is 2.29 bits per heavy atom. The maximum atomic E-state index is 9.72. The Labute approximate surface area is 169 Å². The number of hydrogen-bond donors (Lipinski definition) is 3. The quantitative estimate of drug-likeness (QED) is 0.448. The third kappa shape index (κ3) is 6.62. The minimum atomic E-state index is -0.0142. The van der Waals surface area contributed by atoms with E-state index in [1.54, 1.807) is 0 Å². The van der Waals surface area contributed by atoms with E-state index >= 15 is 0 Å². The summed E-state index contributed by atoms with van der Waals surface area (Å²) in [6.07, 6.45) is 6.31. The molecule has 0 saturated carbocycles. The summed E-state index contributed by atoms with van der Waals surface area (Å²) < 4.78 is 5.76. The van der Waals surface area contributed by atoms with Crippen molar-refractivity contribution in [2.75, 3.05) is 25.6 Å². The Morgan fingerprint density at radius 1 is 0.857 bits per heavy atom. The molecule has 154 valence electrons. The molecule has 0 spiro atoms. The molecule has 0 atom stereocenters. The molecule has 0 heterocycles. The number of aliphatic hydroxyl groups excluding tert-OH is 2. The summed E-state index contributed by atoms with van der Waals surface area (Å²) in [6.45, 7) is 3.57. The molecule has 2 rings (SSSR count). The molecule has 4 nitrogen and oxygen atoms in total. The number of rotatable bonds is 13. The van der Waals surface area contributed by atoms with E-state index in [0.29, 0.717) is 0 Å². The van der Waals surface area contributed by atoms with Crippen LogP contribution in [0.25, 0.3) is 0 Å². The molecule has 0 aliphatic heterocycles. The third-order valence-corrected chi connectivity index (χ3v) is 5.32. The Morgan fingerprint density at radius 2 is 1.61 bits per heavy atom. The standard InChI is InChI=1S/C24H35NO3/c1-19-22(17-26)16-21(24(25-2)23(19)18-27)13-7-4-8-14-28-15-9-12-20-10-5-3-6-11-20/h3,5-6,10-11,16,25-27H,4,7-9,12-15,17-18H2,1-2H3. The number of anilines is 1. The molecule has 0 amide bonds. The molecule has 0 bridgehead atoms. The van der Waals surface area contributed by atoms with Crippen molar-refractivity contribution in [3.63, 3.8) is 0 Å². The largest absolute Gasteiger partial charge is 0.392 e. The molecule has 2 aromatic carbocycles. The van der Waals surface area contributed by atoms with Crippen molar-refractivity contribution in [2.24, 2.45) is 0 Å². The second kappa shape index (κ2) is 12.6. The smallest absolute Gasteiger partial charge is 0.0704 e. The van der Waals surface area contributed by atoms with Crippen molar-refractivity contribution in [3.8, 4) is 0 Å². The van der Waals surface area contributed by atoms with Crippen LogP contribution in [-0.2, 0) is 30.8 Å². The van der Waals surface area contributed by atoms with Crippen molar-refractivity contribution in [3.05, 3.63) is 64.2 Å². The molecule has 28 heavy (non-hydrogen) atoms. The maximum absolute atomic E-state index is 9.72. The van der Waals surface area contributed by atoms with E-state index in [2.05, 4.69) is 35.6 Å². The zero-order valence-corrected chi connectivity index (χ0v) is 17.3. The highest BCUT2D eigenvalue weighted by Crippen LogP contribution is 2.29. The molecule has 0 radical (unpaired) electrons. The second-order valence-electron chi connectivity index (χ2n) is 7.25. The van der Waals surface area contributed by atoms with Gasteiger partial charge in [0.05, 0.1) is 13.2 Å². The molecule has 0 aromatic heterocycles. The summed E-state index contributed by atoms with van der Waals surface area (Å²) in [5.74, 6) is 0. The van der Waals surface area contributed by atoms with Crippen molar-refractivity contribution in [1.82, 2.24) is 0 Å². The van der Waals surface area contributed by atoms with Crippen LogP contribution in [0, 0.1) is 6.92 Å². The number of nitrogens with one attached hydrogen (secondary N) is 1. The third-order valence-electron chi connectivity index (χ3n) is 5.32. The fraction of sp³-hybridized carbons (Fsp3) is 0.500. The van der Waals surface area contributed by atoms with Gasteiger partial charge in [-0.1, -0.05) is 42.8 Å². The molecular formula is C24H35NO3. The minimum Gasteiger partial charge on any atom is -0.392 e. The first-order valence-electron chi connectivity index (χ1n) is 10.4. The zero-order chi connectivity index (χ0) is 20.2. The van der Waals surface area contributed by atoms with Crippen LogP contribution in [0.5, 0.6) is 0 Å². The highest BCUT2D eigenvalue weighted by molar-refractivity contribution is 5.62. The normalized spacial score (nSPS) is 11.0. The predicted molar refractivity (Wildman–Crippen MR) is 116 cm³/mol. The number of benzene rings is 2. The first-order valence-corrected chi connectivity index (χ1v) is 10.4. The van der Waals surface area contributed by atoms with Gasteiger partial charge in [-0.2, -0.15) is 0 Å². The van der Waals surface area contributed by atoms with Gasteiger partial charge in [0, 0.05) is 31.5 Å². The maximum Gasteiger partial charge on any atom is 0.0704 e.